The highest BCUT2D eigenvalue weighted by Gasteiger charge is 2.05. The molecule has 0 atom stereocenters. The Morgan fingerprint density at radius 3 is 2.84 bits per heavy atom. The lowest BCUT2D eigenvalue weighted by atomic mass is 10.1. The van der Waals surface area contributed by atoms with Crippen LogP contribution in [0.2, 0.25) is 5.02 Å². The molecule has 0 saturated heterocycles. The number of nitrogens with zero attached hydrogens (tertiary/aromatic N) is 1. The maximum atomic E-state index is 11.2. The topological polar surface area (TPSA) is 99.7 Å². The van der Waals surface area contributed by atoms with Gasteiger partial charge in [-0.3, -0.25) is 4.79 Å². The Kier molecular flexibility index (Phi) is 6.11. The molecule has 104 valence electrons. The molecule has 0 aliphatic rings. The van der Waals surface area contributed by atoms with E-state index in [1.54, 1.807) is 18.2 Å². The number of carbonyl (C=O) groups excluding carboxylic acids is 1. The summed E-state index contributed by atoms with van der Waals surface area (Å²) in [6.07, 6.45) is 0. The summed E-state index contributed by atoms with van der Waals surface area (Å²) < 4.78 is 0. The monoisotopic (exact) mass is 284 g/mol. The molecule has 1 aromatic carbocycles. The third-order valence-electron chi connectivity index (χ3n) is 2.43. The number of nitrogens with one attached hydrogen (secondary N) is 2. The first-order chi connectivity index (χ1) is 9.08. The van der Waals surface area contributed by atoms with Crippen molar-refractivity contribution >= 4 is 23.3 Å². The van der Waals surface area contributed by atoms with Crippen LogP contribution in [-0.2, 0) is 11.3 Å². The SMILES string of the molecule is CCNC(=O)CNCc1ccc(/C(N)=N/O)cc1Cl. The van der Waals surface area contributed by atoms with E-state index in [1.165, 1.54) is 0 Å². The largest absolute Gasteiger partial charge is 0.409 e. The van der Waals surface area contributed by atoms with Gasteiger partial charge in [0.25, 0.3) is 0 Å². The van der Waals surface area contributed by atoms with Gasteiger partial charge in [-0.15, -0.1) is 0 Å². The van der Waals surface area contributed by atoms with Crippen molar-refractivity contribution in [1.29, 1.82) is 0 Å². The molecule has 0 aromatic heterocycles. The Morgan fingerprint density at radius 1 is 1.53 bits per heavy atom. The van der Waals surface area contributed by atoms with Gasteiger partial charge in [0, 0.05) is 23.7 Å². The first kappa shape index (κ1) is 15.3. The zero-order chi connectivity index (χ0) is 14.3. The highest BCUT2D eigenvalue weighted by atomic mass is 35.5. The number of benzene rings is 1. The molecule has 0 radical (unpaired) electrons. The molecule has 5 N–H and O–H groups in total. The molecule has 0 bridgehead atoms. The van der Waals surface area contributed by atoms with Crippen LogP contribution in [0.3, 0.4) is 0 Å². The van der Waals surface area contributed by atoms with E-state index in [9.17, 15) is 4.79 Å². The summed E-state index contributed by atoms with van der Waals surface area (Å²) in [5, 5.41) is 17.6. The normalized spacial score (nSPS) is 11.4. The van der Waals surface area contributed by atoms with Crippen molar-refractivity contribution in [3.05, 3.63) is 34.3 Å². The standard InChI is InChI=1S/C12H17ClN4O2/c1-2-16-11(18)7-15-6-9-4-3-8(5-10(9)13)12(14)17-19/h3-5,15,19H,2,6-7H2,1H3,(H2,14,17)(H,16,18). The van der Waals surface area contributed by atoms with Gasteiger partial charge in [0.2, 0.25) is 5.91 Å². The number of likely N-dealkylation sites (N-methyl/N-ethyl adjacent to an activating group) is 1. The Balaban J connectivity index is 2.58. The van der Waals surface area contributed by atoms with Gasteiger partial charge in [0.05, 0.1) is 6.54 Å². The molecule has 6 nitrogen and oxygen atoms in total. The number of carbonyl (C=O) groups is 1. The second kappa shape index (κ2) is 7.60. The van der Waals surface area contributed by atoms with Crippen LogP contribution in [0.1, 0.15) is 18.1 Å². The third-order valence-corrected chi connectivity index (χ3v) is 2.78. The maximum absolute atomic E-state index is 11.2. The minimum absolute atomic E-state index is 0.00346. The van der Waals surface area contributed by atoms with Gasteiger partial charge < -0.3 is 21.6 Å². The van der Waals surface area contributed by atoms with Crippen LogP contribution in [0.5, 0.6) is 0 Å². The molecule has 0 aliphatic carbocycles. The van der Waals surface area contributed by atoms with Gasteiger partial charge >= 0.3 is 0 Å². The van der Waals surface area contributed by atoms with Crippen molar-refractivity contribution in [1.82, 2.24) is 10.6 Å². The number of halogens is 1. The number of nitrogens with two attached hydrogens (primary N) is 1. The molecule has 1 amide bonds. The first-order valence-corrected chi connectivity index (χ1v) is 6.20. The van der Waals surface area contributed by atoms with Crippen molar-refractivity contribution in [2.75, 3.05) is 13.1 Å². The zero-order valence-corrected chi connectivity index (χ0v) is 11.4. The fourth-order valence-electron chi connectivity index (χ4n) is 1.48. The van der Waals surface area contributed by atoms with Crippen molar-refractivity contribution in [3.8, 4) is 0 Å². The third kappa shape index (κ3) is 4.76. The number of hydrogen-bond donors (Lipinski definition) is 4. The van der Waals surface area contributed by atoms with Crippen LogP contribution in [0.4, 0.5) is 0 Å². The van der Waals surface area contributed by atoms with E-state index in [4.69, 9.17) is 22.5 Å². The summed E-state index contributed by atoms with van der Waals surface area (Å²) in [4.78, 5) is 11.2. The average molecular weight is 285 g/mol. The zero-order valence-electron chi connectivity index (χ0n) is 10.6. The number of amidine groups is 1. The summed E-state index contributed by atoms with van der Waals surface area (Å²) in [6.45, 7) is 3.16. The van der Waals surface area contributed by atoms with E-state index in [2.05, 4.69) is 15.8 Å². The van der Waals surface area contributed by atoms with Crippen molar-refractivity contribution < 1.29 is 10.0 Å². The minimum Gasteiger partial charge on any atom is -0.409 e. The van der Waals surface area contributed by atoms with E-state index in [1.807, 2.05) is 6.92 Å². The van der Waals surface area contributed by atoms with Gasteiger partial charge in [0.1, 0.15) is 0 Å². The van der Waals surface area contributed by atoms with E-state index < -0.39 is 0 Å². The van der Waals surface area contributed by atoms with Crippen LogP contribution in [0.15, 0.2) is 23.4 Å². The van der Waals surface area contributed by atoms with Crippen LogP contribution < -0.4 is 16.4 Å². The van der Waals surface area contributed by atoms with Crippen molar-refractivity contribution in [2.24, 2.45) is 10.9 Å². The van der Waals surface area contributed by atoms with Gasteiger partial charge in [-0.2, -0.15) is 0 Å². The van der Waals surface area contributed by atoms with E-state index in [0.29, 0.717) is 23.7 Å². The second-order valence-corrected chi connectivity index (χ2v) is 4.26. The summed E-state index contributed by atoms with van der Waals surface area (Å²) in [6, 6.07) is 5.07. The summed E-state index contributed by atoms with van der Waals surface area (Å²) in [7, 11) is 0. The van der Waals surface area contributed by atoms with Gasteiger partial charge in [-0.1, -0.05) is 28.9 Å². The van der Waals surface area contributed by atoms with E-state index in [0.717, 1.165) is 5.56 Å². The lowest BCUT2D eigenvalue weighted by molar-refractivity contribution is -0.120. The van der Waals surface area contributed by atoms with E-state index in [-0.39, 0.29) is 18.3 Å². The smallest absolute Gasteiger partial charge is 0.233 e. The predicted molar refractivity (Wildman–Crippen MR) is 74.4 cm³/mol. The summed E-state index contributed by atoms with van der Waals surface area (Å²) in [5.41, 5.74) is 6.83. The molecule has 19 heavy (non-hydrogen) atoms. The van der Waals surface area contributed by atoms with E-state index >= 15 is 0 Å². The molecular weight excluding hydrogens is 268 g/mol. The van der Waals surface area contributed by atoms with Crippen molar-refractivity contribution in [2.45, 2.75) is 13.5 Å². The molecule has 0 spiro atoms. The van der Waals surface area contributed by atoms with Gasteiger partial charge in [-0.25, -0.2) is 0 Å². The lowest BCUT2D eigenvalue weighted by Crippen LogP contribution is -2.33. The first-order valence-electron chi connectivity index (χ1n) is 5.82. The average Bonchev–Trinajstić information content (AvgIpc) is 2.40. The molecule has 1 aromatic rings. The van der Waals surface area contributed by atoms with Crippen LogP contribution in [0.25, 0.3) is 0 Å². The molecular formula is C12H17ClN4O2. The van der Waals surface area contributed by atoms with Crippen molar-refractivity contribution in [3.63, 3.8) is 0 Å². The Bertz CT molecular complexity index is 477. The summed E-state index contributed by atoms with van der Waals surface area (Å²) >= 11 is 6.07. The number of amides is 1. The fourth-order valence-corrected chi connectivity index (χ4v) is 1.73. The molecule has 1 rings (SSSR count). The predicted octanol–water partition coefficient (Wildman–Crippen LogP) is 0.660. The lowest BCUT2D eigenvalue weighted by Gasteiger charge is -2.08. The van der Waals surface area contributed by atoms with Crippen LogP contribution in [0, 0.1) is 0 Å². The molecule has 0 unspecified atom stereocenters. The molecule has 0 heterocycles. The highest BCUT2D eigenvalue weighted by Crippen LogP contribution is 2.17. The second-order valence-electron chi connectivity index (χ2n) is 3.85. The molecule has 0 aliphatic heterocycles. The Hall–Kier alpha value is -1.79. The maximum Gasteiger partial charge on any atom is 0.233 e. The molecule has 0 fully saturated rings. The fraction of sp³-hybridized carbons (Fsp3) is 0.333. The number of hydrogen-bond acceptors (Lipinski definition) is 4. The molecule has 7 heteroatoms. The van der Waals surface area contributed by atoms with Gasteiger partial charge in [0.15, 0.2) is 5.84 Å². The quantitative estimate of drug-likeness (QED) is 0.267. The summed E-state index contributed by atoms with van der Waals surface area (Å²) in [5.74, 6) is -0.0596. The highest BCUT2D eigenvalue weighted by molar-refractivity contribution is 6.31. The Morgan fingerprint density at radius 2 is 2.26 bits per heavy atom. The Labute approximate surface area is 116 Å². The minimum atomic E-state index is -0.0631. The van der Waals surface area contributed by atoms with Crippen LogP contribution >= 0.6 is 11.6 Å². The van der Waals surface area contributed by atoms with Gasteiger partial charge in [-0.05, 0) is 18.6 Å². The van der Waals surface area contributed by atoms with Crippen LogP contribution in [-0.4, -0.2) is 30.0 Å². The molecule has 0 saturated carbocycles. The number of oxime groups is 1. The number of rotatable bonds is 6.